The van der Waals surface area contributed by atoms with Gasteiger partial charge in [-0.3, -0.25) is 0 Å². The second-order valence-electron chi connectivity index (χ2n) is 8.17. The summed E-state index contributed by atoms with van der Waals surface area (Å²) in [5.74, 6) is -1.77. The van der Waals surface area contributed by atoms with Gasteiger partial charge in [0.2, 0.25) is 0 Å². The van der Waals surface area contributed by atoms with Crippen LogP contribution in [-0.4, -0.2) is 36.3 Å². The zero-order valence-corrected chi connectivity index (χ0v) is 17.7. The lowest BCUT2D eigenvalue weighted by atomic mass is 9.93. The summed E-state index contributed by atoms with van der Waals surface area (Å²) in [6.07, 6.45) is 2.54. The quantitative estimate of drug-likeness (QED) is 0.558. The maximum atomic E-state index is 14.4. The molecule has 1 amide bonds. The molecule has 3 rings (SSSR count). The third-order valence-corrected chi connectivity index (χ3v) is 6.30. The van der Waals surface area contributed by atoms with Crippen molar-refractivity contribution in [1.29, 1.82) is 0 Å². The van der Waals surface area contributed by atoms with E-state index in [9.17, 15) is 23.2 Å². The molecule has 2 aromatic rings. The van der Waals surface area contributed by atoms with Crippen LogP contribution >= 0.6 is 0 Å². The molecule has 1 aromatic carbocycles. The van der Waals surface area contributed by atoms with Crippen LogP contribution in [0.3, 0.4) is 0 Å². The lowest BCUT2D eigenvalue weighted by Crippen LogP contribution is -2.28. The molecule has 1 aliphatic heterocycles. The van der Waals surface area contributed by atoms with E-state index < -0.39 is 45.8 Å². The molecular weight excluding hydrogens is 414 g/mol. The average molecular weight is 439 g/mol. The van der Waals surface area contributed by atoms with Gasteiger partial charge < -0.3 is 19.5 Å². The lowest BCUT2D eigenvalue weighted by molar-refractivity contribution is 0.188. The summed E-state index contributed by atoms with van der Waals surface area (Å²) in [6, 6.07) is 3.44. The molecular formula is C20H24F2N4O3S. The second-order valence-corrected chi connectivity index (χ2v) is 10.1. The van der Waals surface area contributed by atoms with E-state index in [1.54, 1.807) is 25.3 Å². The first-order valence-electron chi connectivity index (χ1n) is 9.52. The third kappa shape index (κ3) is 4.81. The Bertz CT molecular complexity index is 958. The highest BCUT2D eigenvalue weighted by atomic mass is 32.2. The number of hydrogen-bond acceptors (Lipinski definition) is 4. The number of fused-ring (bicyclic) bond motifs is 1. The summed E-state index contributed by atoms with van der Waals surface area (Å²) >= 11 is -1.49. The van der Waals surface area contributed by atoms with Gasteiger partial charge in [0, 0.05) is 12.5 Å². The molecule has 0 radical (unpaired) electrons. The summed E-state index contributed by atoms with van der Waals surface area (Å²) in [4.78, 5) is 15.6. The molecule has 0 bridgehead atoms. The van der Waals surface area contributed by atoms with Crippen LogP contribution < -0.4 is 5.32 Å². The number of aromatic nitrogens is 2. The van der Waals surface area contributed by atoms with Crippen LogP contribution in [0.5, 0.6) is 0 Å². The Morgan fingerprint density at radius 3 is 2.80 bits per heavy atom. The average Bonchev–Trinajstić information content (AvgIpc) is 2.97. The molecule has 0 fully saturated rings. The van der Waals surface area contributed by atoms with Crippen molar-refractivity contribution in [2.24, 2.45) is 4.40 Å². The minimum Gasteiger partial charge on any atom is -0.591 e. The lowest BCUT2D eigenvalue weighted by Gasteiger charge is -2.19. The van der Waals surface area contributed by atoms with Crippen molar-refractivity contribution in [2.75, 3.05) is 0 Å². The highest BCUT2D eigenvalue weighted by Crippen LogP contribution is 2.34. The molecule has 2 heterocycles. The Labute approximate surface area is 176 Å². The van der Waals surface area contributed by atoms with Crippen molar-refractivity contribution in [3.63, 3.8) is 0 Å². The van der Waals surface area contributed by atoms with Crippen molar-refractivity contribution in [1.82, 2.24) is 14.9 Å². The first kappa shape index (κ1) is 22.2. The first-order chi connectivity index (χ1) is 14.1. The molecule has 0 saturated heterocycles. The summed E-state index contributed by atoms with van der Waals surface area (Å²) in [7, 11) is 0. The monoisotopic (exact) mass is 438 g/mol. The van der Waals surface area contributed by atoms with E-state index in [0.29, 0.717) is 24.4 Å². The van der Waals surface area contributed by atoms with Gasteiger partial charge in [-0.15, -0.1) is 0 Å². The number of benzene rings is 1. The molecule has 3 atom stereocenters. The molecule has 30 heavy (non-hydrogen) atoms. The molecule has 162 valence electrons. The Balaban J connectivity index is 2.00. The number of amides is 1. The topological polar surface area (TPSA) is 103 Å². The summed E-state index contributed by atoms with van der Waals surface area (Å²) in [5.41, 5.74) is 0.746. The predicted molar refractivity (Wildman–Crippen MR) is 110 cm³/mol. The maximum absolute atomic E-state index is 14.4. The Hall–Kier alpha value is -2.46. The largest absolute Gasteiger partial charge is 0.591 e. The molecule has 2 N–H and O–H groups in total. The van der Waals surface area contributed by atoms with E-state index in [4.69, 9.17) is 0 Å². The predicted octanol–water partition coefficient (Wildman–Crippen LogP) is 3.93. The van der Waals surface area contributed by atoms with Gasteiger partial charge in [0.1, 0.15) is 28.1 Å². The van der Waals surface area contributed by atoms with E-state index in [-0.39, 0.29) is 12.1 Å². The number of nitrogens with zero attached hydrogens (tertiary/aromatic N) is 3. The smallest absolute Gasteiger partial charge is 0.405 e. The number of halogens is 2. The zero-order valence-electron chi connectivity index (χ0n) is 16.9. The van der Waals surface area contributed by atoms with Gasteiger partial charge in [0.25, 0.3) is 0 Å². The number of nitrogens with one attached hydrogen (secondary N) is 1. The van der Waals surface area contributed by atoms with Gasteiger partial charge in [-0.05, 0) is 45.2 Å². The van der Waals surface area contributed by atoms with Gasteiger partial charge in [0.15, 0.2) is 11.6 Å². The number of imidazole rings is 1. The Kier molecular flexibility index (Phi) is 6.47. The van der Waals surface area contributed by atoms with Crippen LogP contribution in [0.25, 0.3) is 0 Å². The fraction of sp³-hybridized carbons (Fsp3) is 0.450. The molecule has 0 spiro atoms. The van der Waals surface area contributed by atoms with Crippen molar-refractivity contribution in [3.05, 3.63) is 53.1 Å². The van der Waals surface area contributed by atoms with Gasteiger partial charge in [-0.25, -0.2) is 18.6 Å². The molecule has 1 unspecified atom stereocenters. The van der Waals surface area contributed by atoms with Crippen LogP contribution in [-0.2, 0) is 17.9 Å². The second kappa shape index (κ2) is 8.73. The number of rotatable bonds is 4. The van der Waals surface area contributed by atoms with Gasteiger partial charge in [-0.2, -0.15) is 0 Å². The Morgan fingerprint density at radius 1 is 1.40 bits per heavy atom. The minimum atomic E-state index is -1.49. The van der Waals surface area contributed by atoms with Gasteiger partial charge >= 0.3 is 6.09 Å². The van der Waals surface area contributed by atoms with Crippen molar-refractivity contribution < 1.29 is 23.2 Å². The van der Waals surface area contributed by atoms with Crippen LogP contribution in [0.1, 0.15) is 62.7 Å². The highest BCUT2D eigenvalue weighted by molar-refractivity contribution is 7.91. The fourth-order valence-corrected chi connectivity index (χ4v) is 3.95. The van der Waals surface area contributed by atoms with Crippen LogP contribution in [0.15, 0.2) is 28.8 Å². The van der Waals surface area contributed by atoms with E-state index in [2.05, 4.69) is 14.7 Å². The molecule has 1 aromatic heterocycles. The van der Waals surface area contributed by atoms with Gasteiger partial charge in [-0.1, -0.05) is 16.5 Å². The van der Waals surface area contributed by atoms with E-state index in [0.717, 1.165) is 6.07 Å². The molecule has 0 saturated carbocycles. The van der Waals surface area contributed by atoms with Gasteiger partial charge in [0.05, 0.1) is 17.9 Å². The highest BCUT2D eigenvalue weighted by Gasteiger charge is 2.31. The van der Waals surface area contributed by atoms with Crippen LogP contribution in [0.4, 0.5) is 13.6 Å². The number of carboxylic acid groups (broad SMARTS) is 1. The maximum Gasteiger partial charge on any atom is 0.405 e. The normalized spacial score (nSPS) is 20.6. The first-order valence-corrected chi connectivity index (χ1v) is 10.6. The molecule has 1 aliphatic rings. The third-order valence-electron chi connectivity index (χ3n) is 4.96. The van der Waals surface area contributed by atoms with Crippen LogP contribution in [0, 0.1) is 11.6 Å². The van der Waals surface area contributed by atoms with Crippen molar-refractivity contribution in [3.8, 4) is 0 Å². The Morgan fingerprint density at radius 2 is 2.13 bits per heavy atom. The van der Waals surface area contributed by atoms with Crippen LogP contribution in [0.2, 0.25) is 0 Å². The number of hydrogen-bond donors (Lipinski definition) is 2. The SMILES string of the molecule is CC(C)(C)[S+]([O-])/N=C/c1cnc2n1C[C@H](c1cccc(F)c1F)CC[C@H]2NC(=O)O. The standard InChI is InChI=1S/C20H24F2N4O3S/c1-20(2,3)30(29)24-10-13-9-23-18-16(25-19(27)28)8-7-12(11-26(13)18)14-5-4-6-15(21)17(14)22/h4-6,9-10,12,16,25H,7-8,11H2,1-3H3,(H,27,28)/b24-10+/t12-,16-,30?/m1/s1. The summed E-state index contributed by atoms with van der Waals surface area (Å²) in [6.45, 7) is 5.66. The van der Waals surface area contributed by atoms with E-state index in [1.165, 1.54) is 24.5 Å². The van der Waals surface area contributed by atoms with E-state index in [1.807, 2.05) is 0 Å². The minimum absolute atomic E-state index is 0.229. The number of carbonyl (C=O) groups is 1. The zero-order chi connectivity index (χ0) is 22.1. The molecule has 10 heteroatoms. The van der Waals surface area contributed by atoms with Crippen molar-refractivity contribution >= 4 is 23.7 Å². The molecule has 7 nitrogen and oxygen atoms in total. The fourth-order valence-electron chi connectivity index (χ4n) is 3.43. The molecule has 0 aliphatic carbocycles. The van der Waals surface area contributed by atoms with E-state index >= 15 is 0 Å². The summed E-state index contributed by atoms with van der Waals surface area (Å²) in [5, 5.41) is 11.6. The summed E-state index contributed by atoms with van der Waals surface area (Å²) < 4.78 is 45.8. The van der Waals surface area contributed by atoms with Crippen molar-refractivity contribution in [2.45, 2.75) is 56.9 Å².